The summed E-state index contributed by atoms with van der Waals surface area (Å²) in [5.41, 5.74) is 2.72. The molecule has 1 aliphatic heterocycles. The summed E-state index contributed by atoms with van der Waals surface area (Å²) in [7, 11) is 0. The summed E-state index contributed by atoms with van der Waals surface area (Å²) < 4.78 is 7.36. The number of hydrogen-bond donors (Lipinski definition) is 0. The maximum Gasteiger partial charge on any atom is 0.227 e. The van der Waals surface area contributed by atoms with Crippen LogP contribution in [0.5, 0.6) is 0 Å². The van der Waals surface area contributed by atoms with Crippen LogP contribution >= 0.6 is 0 Å². The fourth-order valence-corrected chi connectivity index (χ4v) is 4.17. The van der Waals surface area contributed by atoms with E-state index in [-0.39, 0.29) is 0 Å². The summed E-state index contributed by atoms with van der Waals surface area (Å²) in [6.07, 6.45) is 8.44. The number of aryl methyl sites for hydroxylation is 2. The minimum Gasteiger partial charge on any atom is -0.353 e. The molecular formula is C24H23N9O. The van der Waals surface area contributed by atoms with Crippen molar-refractivity contribution in [3.05, 3.63) is 78.8 Å². The maximum absolute atomic E-state index is 5.45. The summed E-state index contributed by atoms with van der Waals surface area (Å²) in [5, 5.41) is 8.98. The van der Waals surface area contributed by atoms with E-state index in [1.54, 1.807) is 12.4 Å². The number of pyridine rings is 2. The molecule has 6 heterocycles. The van der Waals surface area contributed by atoms with Gasteiger partial charge in [-0.2, -0.15) is 4.98 Å². The second-order valence-corrected chi connectivity index (χ2v) is 8.12. The van der Waals surface area contributed by atoms with Gasteiger partial charge in [0, 0.05) is 63.2 Å². The lowest BCUT2D eigenvalue weighted by molar-refractivity contribution is 0.378. The van der Waals surface area contributed by atoms with Crippen molar-refractivity contribution in [2.75, 3.05) is 36.0 Å². The van der Waals surface area contributed by atoms with Gasteiger partial charge in [-0.15, -0.1) is 5.10 Å². The van der Waals surface area contributed by atoms with Gasteiger partial charge in [0.2, 0.25) is 11.7 Å². The fourth-order valence-electron chi connectivity index (χ4n) is 4.17. The Kier molecular flexibility index (Phi) is 5.30. The molecule has 0 aromatic carbocycles. The summed E-state index contributed by atoms with van der Waals surface area (Å²) in [4.78, 5) is 22.1. The highest BCUT2D eigenvalue weighted by Crippen LogP contribution is 2.19. The Morgan fingerprint density at radius 2 is 1.62 bits per heavy atom. The third-order valence-corrected chi connectivity index (χ3v) is 6.00. The van der Waals surface area contributed by atoms with Crippen molar-refractivity contribution in [3.63, 3.8) is 0 Å². The molecule has 0 bridgehead atoms. The molecule has 0 amide bonds. The van der Waals surface area contributed by atoms with Gasteiger partial charge in [-0.1, -0.05) is 11.2 Å². The number of imidazole rings is 1. The lowest BCUT2D eigenvalue weighted by Gasteiger charge is -2.35. The van der Waals surface area contributed by atoms with Crippen molar-refractivity contribution in [2.24, 2.45) is 0 Å². The average Bonchev–Trinajstić information content (AvgIpc) is 3.55. The Balaban J connectivity index is 1.14. The van der Waals surface area contributed by atoms with Crippen LogP contribution in [0, 0.1) is 0 Å². The van der Waals surface area contributed by atoms with Crippen LogP contribution in [0.2, 0.25) is 0 Å². The molecule has 0 saturated carbocycles. The van der Waals surface area contributed by atoms with Gasteiger partial charge in [-0.05, 0) is 36.4 Å². The molecule has 5 aromatic heterocycles. The third-order valence-electron chi connectivity index (χ3n) is 6.00. The molecule has 0 spiro atoms. The summed E-state index contributed by atoms with van der Waals surface area (Å²) in [5.74, 6) is 3.13. The first-order chi connectivity index (χ1) is 16.8. The van der Waals surface area contributed by atoms with Gasteiger partial charge in [0.15, 0.2) is 5.65 Å². The van der Waals surface area contributed by atoms with Crippen LogP contribution < -0.4 is 9.80 Å². The van der Waals surface area contributed by atoms with E-state index in [9.17, 15) is 0 Å². The van der Waals surface area contributed by atoms with E-state index in [0.717, 1.165) is 54.7 Å². The normalized spacial score (nSPS) is 14.1. The van der Waals surface area contributed by atoms with Crippen LogP contribution in [0.15, 0.2) is 71.8 Å². The number of nitrogens with zero attached hydrogens (tertiary/aromatic N) is 9. The highest BCUT2D eigenvalue weighted by molar-refractivity contribution is 5.52. The number of hydrogen-bond acceptors (Lipinski definition) is 9. The largest absolute Gasteiger partial charge is 0.353 e. The monoisotopic (exact) mass is 453 g/mol. The lowest BCUT2D eigenvalue weighted by atomic mass is 10.2. The Labute approximate surface area is 195 Å². The number of aromatic nitrogens is 7. The van der Waals surface area contributed by atoms with Crippen LogP contribution in [0.3, 0.4) is 0 Å². The molecule has 0 aliphatic carbocycles. The van der Waals surface area contributed by atoms with Crippen molar-refractivity contribution >= 4 is 17.3 Å². The van der Waals surface area contributed by atoms with E-state index in [1.165, 1.54) is 0 Å². The first-order valence-electron chi connectivity index (χ1n) is 11.3. The van der Waals surface area contributed by atoms with E-state index in [2.05, 4.69) is 41.0 Å². The first-order valence-corrected chi connectivity index (χ1v) is 11.3. The number of piperazine rings is 1. The molecule has 0 radical (unpaired) electrons. The first kappa shape index (κ1) is 20.3. The zero-order chi connectivity index (χ0) is 22.7. The summed E-state index contributed by atoms with van der Waals surface area (Å²) >= 11 is 0. The van der Waals surface area contributed by atoms with E-state index in [1.807, 2.05) is 53.3 Å². The molecule has 0 unspecified atom stereocenters. The summed E-state index contributed by atoms with van der Waals surface area (Å²) in [6, 6.07) is 13.8. The van der Waals surface area contributed by atoms with Crippen LogP contribution in [-0.2, 0) is 12.8 Å². The molecule has 34 heavy (non-hydrogen) atoms. The average molecular weight is 454 g/mol. The number of fused-ring (bicyclic) bond motifs is 1. The molecule has 170 valence electrons. The number of rotatable bonds is 6. The zero-order valence-corrected chi connectivity index (χ0v) is 18.5. The van der Waals surface area contributed by atoms with Gasteiger partial charge in [-0.25, -0.2) is 14.5 Å². The standard InChI is InChI=1S/C24H23N9O/c1-2-10-26-20(3-1)31-13-15-32(16-14-31)22-6-5-21-27-17-19(33(21)29-22)4-7-23-28-24(30-34-23)18-8-11-25-12-9-18/h1-3,5-6,8-12,17H,4,7,13-16H2. The minimum atomic E-state index is 0.570. The third kappa shape index (κ3) is 4.05. The van der Waals surface area contributed by atoms with Crippen molar-refractivity contribution in [1.29, 1.82) is 0 Å². The Hall–Kier alpha value is -4.34. The highest BCUT2D eigenvalue weighted by Gasteiger charge is 2.20. The van der Waals surface area contributed by atoms with E-state index in [0.29, 0.717) is 24.6 Å². The van der Waals surface area contributed by atoms with Gasteiger partial charge in [-0.3, -0.25) is 4.98 Å². The molecule has 0 N–H and O–H groups in total. The predicted molar refractivity (Wildman–Crippen MR) is 127 cm³/mol. The van der Waals surface area contributed by atoms with Crippen LogP contribution in [0.4, 0.5) is 11.6 Å². The molecule has 1 fully saturated rings. The van der Waals surface area contributed by atoms with E-state index >= 15 is 0 Å². The van der Waals surface area contributed by atoms with Gasteiger partial charge in [0.1, 0.15) is 11.6 Å². The van der Waals surface area contributed by atoms with Crippen LogP contribution in [0.25, 0.3) is 17.0 Å². The number of anilines is 2. The predicted octanol–water partition coefficient (Wildman–Crippen LogP) is 2.68. The Bertz CT molecular complexity index is 1380. The van der Waals surface area contributed by atoms with Crippen molar-refractivity contribution in [2.45, 2.75) is 12.8 Å². The molecule has 1 saturated heterocycles. The SMILES string of the molecule is c1ccc(N2CCN(c3ccc4ncc(CCc5nc(-c6ccncc6)no5)n4n3)CC2)nc1. The lowest BCUT2D eigenvalue weighted by Crippen LogP contribution is -2.47. The topological polar surface area (TPSA) is 101 Å². The zero-order valence-electron chi connectivity index (χ0n) is 18.5. The molecule has 1 aliphatic rings. The Morgan fingerprint density at radius 1 is 0.794 bits per heavy atom. The quantitative estimate of drug-likeness (QED) is 0.384. The molecule has 10 nitrogen and oxygen atoms in total. The smallest absolute Gasteiger partial charge is 0.227 e. The van der Waals surface area contributed by atoms with Gasteiger partial charge >= 0.3 is 0 Å². The fraction of sp³-hybridized carbons (Fsp3) is 0.250. The van der Waals surface area contributed by atoms with Crippen LogP contribution in [0.1, 0.15) is 11.6 Å². The van der Waals surface area contributed by atoms with Crippen LogP contribution in [-0.4, -0.2) is 60.9 Å². The maximum atomic E-state index is 5.45. The van der Waals surface area contributed by atoms with Gasteiger partial charge in [0.05, 0.1) is 11.9 Å². The highest BCUT2D eigenvalue weighted by atomic mass is 16.5. The van der Waals surface area contributed by atoms with E-state index < -0.39 is 0 Å². The summed E-state index contributed by atoms with van der Waals surface area (Å²) in [6.45, 7) is 3.59. The van der Waals surface area contributed by atoms with E-state index in [4.69, 9.17) is 9.62 Å². The molecule has 5 aromatic rings. The Morgan fingerprint density at radius 3 is 2.41 bits per heavy atom. The molecule has 0 atom stereocenters. The van der Waals surface area contributed by atoms with Gasteiger partial charge < -0.3 is 14.3 Å². The van der Waals surface area contributed by atoms with Gasteiger partial charge in [0.25, 0.3) is 0 Å². The van der Waals surface area contributed by atoms with Crippen molar-refractivity contribution in [1.82, 2.24) is 34.7 Å². The van der Waals surface area contributed by atoms with Crippen molar-refractivity contribution in [3.8, 4) is 11.4 Å². The molecule has 6 rings (SSSR count). The second-order valence-electron chi connectivity index (χ2n) is 8.12. The van der Waals surface area contributed by atoms with Crippen molar-refractivity contribution < 1.29 is 4.52 Å². The molecule has 10 heteroatoms. The minimum absolute atomic E-state index is 0.570. The second kappa shape index (κ2) is 8.89. The molecular weight excluding hydrogens is 430 g/mol.